The zero-order valence-corrected chi connectivity index (χ0v) is 9.06. The van der Waals surface area contributed by atoms with Gasteiger partial charge in [0.2, 0.25) is 5.91 Å². The first-order chi connectivity index (χ1) is 7.30. The Labute approximate surface area is 95.4 Å². The third-order valence-corrected chi connectivity index (χ3v) is 2.04. The molecule has 1 amide bonds. The number of nitrogens with one attached hydrogen (secondary N) is 1. The number of rotatable bonds is 2. The highest BCUT2D eigenvalue weighted by molar-refractivity contribution is 6.32. The number of carbonyl (C=O) groups is 1. The molecule has 88 valence electrons. The zero-order valence-electron chi connectivity index (χ0n) is 8.31. The van der Waals surface area contributed by atoms with E-state index in [0.29, 0.717) is 0 Å². The summed E-state index contributed by atoms with van der Waals surface area (Å²) >= 11 is 5.49. The van der Waals surface area contributed by atoms with Gasteiger partial charge in [-0.05, 0) is 31.2 Å². The molecule has 0 aromatic heterocycles. The number of benzene rings is 1. The second-order valence-corrected chi connectivity index (χ2v) is 3.84. The highest BCUT2D eigenvalue weighted by atomic mass is 35.5. The third kappa shape index (κ3) is 3.41. The third-order valence-electron chi connectivity index (χ3n) is 1.84. The minimum atomic E-state index is -4.37. The largest absolute Gasteiger partial charge is 0.416 e. The van der Waals surface area contributed by atoms with Crippen molar-refractivity contribution in [1.29, 1.82) is 0 Å². The van der Waals surface area contributed by atoms with Crippen molar-refractivity contribution in [3.05, 3.63) is 29.8 Å². The summed E-state index contributed by atoms with van der Waals surface area (Å²) in [5.41, 5.74) is -0.477. The fourth-order valence-corrected chi connectivity index (χ4v) is 1.04. The molecule has 16 heavy (non-hydrogen) atoms. The number of carbonyl (C=O) groups excluding carboxylic acids is 1. The summed E-state index contributed by atoms with van der Waals surface area (Å²) in [6.07, 6.45) is -4.37. The molecule has 1 atom stereocenters. The van der Waals surface area contributed by atoms with Gasteiger partial charge in [0.1, 0.15) is 5.38 Å². The molecule has 0 saturated heterocycles. The van der Waals surface area contributed by atoms with Gasteiger partial charge in [-0.3, -0.25) is 4.79 Å². The molecule has 6 heteroatoms. The Morgan fingerprint density at radius 2 is 1.81 bits per heavy atom. The lowest BCUT2D eigenvalue weighted by Gasteiger charge is -2.09. The molecule has 0 aliphatic heterocycles. The monoisotopic (exact) mass is 251 g/mol. The maximum Gasteiger partial charge on any atom is 0.416 e. The van der Waals surface area contributed by atoms with E-state index >= 15 is 0 Å². The number of amides is 1. The lowest BCUT2D eigenvalue weighted by atomic mass is 10.2. The first kappa shape index (κ1) is 12.8. The van der Waals surface area contributed by atoms with Crippen LogP contribution in [-0.4, -0.2) is 11.3 Å². The molecular formula is C10H9ClF3NO. The van der Waals surface area contributed by atoms with Crippen LogP contribution in [0.3, 0.4) is 0 Å². The van der Waals surface area contributed by atoms with E-state index in [0.717, 1.165) is 12.1 Å². The number of anilines is 1. The van der Waals surface area contributed by atoms with Crippen molar-refractivity contribution < 1.29 is 18.0 Å². The van der Waals surface area contributed by atoms with Crippen LogP contribution in [0.25, 0.3) is 0 Å². The van der Waals surface area contributed by atoms with Crippen molar-refractivity contribution in [2.45, 2.75) is 18.5 Å². The topological polar surface area (TPSA) is 29.1 Å². The van der Waals surface area contributed by atoms with Gasteiger partial charge < -0.3 is 5.32 Å². The summed E-state index contributed by atoms with van der Waals surface area (Å²) in [5.74, 6) is -0.457. The predicted octanol–water partition coefficient (Wildman–Crippen LogP) is 3.27. The van der Waals surface area contributed by atoms with Crippen LogP contribution in [0.2, 0.25) is 0 Å². The molecule has 0 aliphatic carbocycles. The minimum Gasteiger partial charge on any atom is -0.325 e. The standard InChI is InChI=1S/C10H9ClF3NO/c1-6(11)9(16)15-8-4-2-7(3-5-8)10(12,13)14/h2-6H,1H3,(H,15,16). The van der Waals surface area contributed by atoms with Crippen molar-refractivity contribution in [3.8, 4) is 0 Å². The Morgan fingerprint density at radius 1 is 1.31 bits per heavy atom. The summed E-state index contributed by atoms with van der Waals surface area (Å²) in [6, 6.07) is 4.16. The van der Waals surface area contributed by atoms with Crippen LogP contribution in [0, 0.1) is 0 Å². The molecule has 0 bridgehead atoms. The van der Waals surface area contributed by atoms with E-state index in [1.54, 1.807) is 0 Å². The predicted molar refractivity (Wildman–Crippen MR) is 55.4 cm³/mol. The van der Waals surface area contributed by atoms with Gasteiger partial charge in [0.25, 0.3) is 0 Å². The molecule has 0 spiro atoms. The van der Waals surface area contributed by atoms with E-state index in [4.69, 9.17) is 11.6 Å². The highest BCUT2D eigenvalue weighted by Crippen LogP contribution is 2.29. The van der Waals surface area contributed by atoms with Gasteiger partial charge in [-0.25, -0.2) is 0 Å². The summed E-state index contributed by atoms with van der Waals surface area (Å²) in [6.45, 7) is 1.47. The second-order valence-electron chi connectivity index (χ2n) is 3.18. The molecule has 1 N–H and O–H groups in total. The average Bonchev–Trinajstić information content (AvgIpc) is 2.17. The quantitative estimate of drug-likeness (QED) is 0.803. The van der Waals surface area contributed by atoms with Crippen molar-refractivity contribution in [2.75, 3.05) is 5.32 Å². The van der Waals surface area contributed by atoms with E-state index in [1.807, 2.05) is 0 Å². The van der Waals surface area contributed by atoms with Gasteiger partial charge >= 0.3 is 6.18 Å². The molecule has 0 saturated carbocycles. The zero-order chi connectivity index (χ0) is 12.3. The molecule has 0 radical (unpaired) electrons. The van der Waals surface area contributed by atoms with E-state index < -0.39 is 23.0 Å². The van der Waals surface area contributed by atoms with Crippen molar-refractivity contribution >= 4 is 23.2 Å². The highest BCUT2D eigenvalue weighted by Gasteiger charge is 2.29. The van der Waals surface area contributed by atoms with Crippen molar-refractivity contribution in [3.63, 3.8) is 0 Å². The molecule has 1 unspecified atom stereocenters. The molecule has 1 aromatic rings. The molecule has 0 fully saturated rings. The van der Waals surface area contributed by atoms with Crippen LogP contribution in [-0.2, 0) is 11.0 Å². The number of hydrogen-bond acceptors (Lipinski definition) is 1. The van der Waals surface area contributed by atoms with Crippen LogP contribution in [0.15, 0.2) is 24.3 Å². The van der Waals surface area contributed by atoms with Crippen LogP contribution in [0.4, 0.5) is 18.9 Å². The average molecular weight is 252 g/mol. The van der Waals surface area contributed by atoms with E-state index in [-0.39, 0.29) is 5.69 Å². The van der Waals surface area contributed by atoms with Gasteiger partial charge in [-0.15, -0.1) is 11.6 Å². The lowest BCUT2D eigenvalue weighted by molar-refractivity contribution is -0.137. The summed E-state index contributed by atoms with van der Waals surface area (Å²) in [5, 5.41) is 1.65. The Morgan fingerprint density at radius 3 is 2.19 bits per heavy atom. The van der Waals surface area contributed by atoms with Gasteiger partial charge in [-0.1, -0.05) is 0 Å². The maximum atomic E-state index is 12.2. The van der Waals surface area contributed by atoms with E-state index in [2.05, 4.69) is 5.32 Å². The number of halogens is 4. The Balaban J connectivity index is 2.76. The maximum absolute atomic E-state index is 12.2. The van der Waals surface area contributed by atoms with Crippen LogP contribution < -0.4 is 5.32 Å². The Bertz CT molecular complexity index is 373. The molecule has 0 aliphatic rings. The fourth-order valence-electron chi connectivity index (χ4n) is 0.984. The van der Waals surface area contributed by atoms with Gasteiger partial charge in [-0.2, -0.15) is 13.2 Å². The fraction of sp³-hybridized carbons (Fsp3) is 0.300. The summed E-state index contributed by atoms with van der Waals surface area (Å²) in [7, 11) is 0. The minimum absolute atomic E-state index is 0.283. The Kier molecular flexibility index (Phi) is 3.80. The first-order valence-electron chi connectivity index (χ1n) is 4.43. The SMILES string of the molecule is CC(Cl)C(=O)Nc1ccc(C(F)(F)F)cc1. The smallest absolute Gasteiger partial charge is 0.325 e. The molecule has 1 rings (SSSR count). The molecule has 1 aromatic carbocycles. The van der Waals surface area contributed by atoms with Crippen molar-refractivity contribution in [2.24, 2.45) is 0 Å². The summed E-state index contributed by atoms with van der Waals surface area (Å²) < 4.78 is 36.6. The number of hydrogen-bond donors (Lipinski definition) is 1. The first-order valence-corrected chi connectivity index (χ1v) is 4.86. The van der Waals surface area contributed by atoms with Gasteiger partial charge in [0, 0.05) is 5.69 Å². The molecule has 0 heterocycles. The lowest BCUT2D eigenvalue weighted by Crippen LogP contribution is -2.20. The van der Waals surface area contributed by atoms with Crippen LogP contribution in [0.1, 0.15) is 12.5 Å². The normalized spacial score (nSPS) is 13.3. The van der Waals surface area contributed by atoms with E-state index in [1.165, 1.54) is 19.1 Å². The van der Waals surface area contributed by atoms with Gasteiger partial charge in [0.05, 0.1) is 5.56 Å². The van der Waals surface area contributed by atoms with Gasteiger partial charge in [0.15, 0.2) is 0 Å². The second kappa shape index (κ2) is 4.74. The molecule has 2 nitrogen and oxygen atoms in total. The summed E-state index contributed by atoms with van der Waals surface area (Å²) in [4.78, 5) is 11.1. The van der Waals surface area contributed by atoms with Crippen molar-refractivity contribution in [1.82, 2.24) is 0 Å². The number of alkyl halides is 4. The van der Waals surface area contributed by atoms with E-state index in [9.17, 15) is 18.0 Å². The van der Waals surface area contributed by atoms with Crippen LogP contribution in [0.5, 0.6) is 0 Å². The Hall–Kier alpha value is -1.23. The van der Waals surface area contributed by atoms with Crippen LogP contribution >= 0.6 is 11.6 Å². The molecular weight excluding hydrogens is 243 g/mol.